The van der Waals surface area contributed by atoms with Crippen LogP contribution in [0, 0.1) is 0 Å². The minimum Gasteiger partial charge on any atom is -0.493 e. The summed E-state index contributed by atoms with van der Waals surface area (Å²) in [6.45, 7) is 1.37. The normalized spacial score (nSPS) is 12.8. The molecule has 0 aliphatic carbocycles. The predicted molar refractivity (Wildman–Crippen MR) is 72.7 cm³/mol. The Labute approximate surface area is 105 Å². The topological polar surface area (TPSA) is 42.9 Å². The fourth-order valence-electron chi connectivity index (χ4n) is 1.63. The fourth-order valence-corrected chi connectivity index (χ4v) is 1.88. The van der Waals surface area contributed by atoms with E-state index in [-0.39, 0.29) is 0 Å². The standard InChI is InChI=1S/C12H16N2O2S/c1-15-11-5-9-7-13-8-14-10(9)6-12(11)16-3-4-17-2/h5-6,8H,3-4,7H2,1-2H3,(H,13,14). The molecule has 1 aromatic rings. The molecule has 0 atom stereocenters. The molecular weight excluding hydrogens is 236 g/mol. The Hall–Kier alpha value is -1.36. The van der Waals surface area contributed by atoms with Crippen LogP contribution in [0.2, 0.25) is 0 Å². The Morgan fingerprint density at radius 1 is 1.41 bits per heavy atom. The molecule has 2 rings (SSSR count). The van der Waals surface area contributed by atoms with Gasteiger partial charge in [-0.2, -0.15) is 11.8 Å². The number of fused-ring (bicyclic) bond motifs is 1. The van der Waals surface area contributed by atoms with Crippen LogP contribution in [0.1, 0.15) is 5.56 Å². The van der Waals surface area contributed by atoms with Crippen LogP contribution in [0.15, 0.2) is 17.1 Å². The first-order valence-electron chi connectivity index (χ1n) is 5.42. The monoisotopic (exact) mass is 252 g/mol. The lowest BCUT2D eigenvalue weighted by atomic mass is 10.1. The zero-order valence-corrected chi connectivity index (χ0v) is 10.8. The van der Waals surface area contributed by atoms with Gasteiger partial charge in [-0.15, -0.1) is 0 Å². The molecule has 0 bridgehead atoms. The van der Waals surface area contributed by atoms with Crippen molar-refractivity contribution in [2.75, 3.05) is 31.0 Å². The third-order valence-electron chi connectivity index (χ3n) is 2.51. The molecule has 0 saturated heterocycles. The predicted octanol–water partition coefficient (Wildman–Crippen LogP) is 2.39. The van der Waals surface area contributed by atoms with Gasteiger partial charge in [0.05, 0.1) is 26.6 Å². The first kappa shape index (κ1) is 12.1. The van der Waals surface area contributed by atoms with Gasteiger partial charge in [-0.25, -0.2) is 0 Å². The summed E-state index contributed by atoms with van der Waals surface area (Å²) in [4.78, 5) is 4.16. The molecule has 0 amide bonds. The number of hydrogen-bond donors (Lipinski definition) is 1. The summed E-state index contributed by atoms with van der Waals surface area (Å²) in [5.41, 5.74) is 2.17. The number of thioether (sulfide) groups is 1. The number of rotatable bonds is 5. The molecule has 92 valence electrons. The lowest BCUT2D eigenvalue weighted by molar-refractivity contribution is 0.313. The number of benzene rings is 1. The molecule has 5 heteroatoms. The zero-order valence-electron chi connectivity index (χ0n) is 10.0. The van der Waals surface area contributed by atoms with E-state index in [4.69, 9.17) is 9.47 Å². The molecule has 0 spiro atoms. The van der Waals surface area contributed by atoms with Gasteiger partial charge in [0, 0.05) is 23.1 Å². The number of ether oxygens (including phenoxy) is 2. The van der Waals surface area contributed by atoms with Gasteiger partial charge < -0.3 is 14.8 Å². The molecule has 17 heavy (non-hydrogen) atoms. The first-order valence-corrected chi connectivity index (χ1v) is 6.82. The van der Waals surface area contributed by atoms with E-state index in [2.05, 4.69) is 16.6 Å². The summed E-state index contributed by atoms with van der Waals surface area (Å²) in [5, 5.41) is 3.11. The van der Waals surface area contributed by atoms with Gasteiger partial charge in [-0.3, -0.25) is 4.99 Å². The van der Waals surface area contributed by atoms with Crippen LogP contribution < -0.4 is 14.8 Å². The van der Waals surface area contributed by atoms with Crippen LogP contribution in [0.4, 0.5) is 5.69 Å². The molecule has 0 fully saturated rings. The van der Waals surface area contributed by atoms with E-state index >= 15 is 0 Å². The van der Waals surface area contributed by atoms with E-state index in [0.29, 0.717) is 13.2 Å². The van der Waals surface area contributed by atoms with E-state index in [1.165, 1.54) is 0 Å². The maximum atomic E-state index is 5.70. The molecule has 1 aliphatic rings. The van der Waals surface area contributed by atoms with Gasteiger partial charge >= 0.3 is 0 Å². The van der Waals surface area contributed by atoms with Gasteiger partial charge in [0.1, 0.15) is 0 Å². The minimum absolute atomic E-state index is 0.684. The fraction of sp³-hybridized carbons (Fsp3) is 0.417. The van der Waals surface area contributed by atoms with Gasteiger partial charge in [0.15, 0.2) is 11.5 Å². The first-order chi connectivity index (χ1) is 8.35. The average Bonchev–Trinajstić information content (AvgIpc) is 2.38. The van der Waals surface area contributed by atoms with Gasteiger partial charge in [-0.1, -0.05) is 0 Å². The minimum atomic E-state index is 0.684. The van der Waals surface area contributed by atoms with Crippen molar-refractivity contribution in [3.05, 3.63) is 17.7 Å². The van der Waals surface area contributed by atoms with Crippen LogP contribution in [0.3, 0.4) is 0 Å². The number of nitrogens with zero attached hydrogens (tertiary/aromatic N) is 1. The molecule has 0 aromatic heterocycles. The van der Waals surface area contributed by atoms with Crippen molar-refractivity contribution < 1.29 is 9.47 Å². The van der Waals surface area contributed by atoms with Crippen LogP contribution in [0.5, 0.6) is 11.5 Å². The highest BCUT2D eigenvalue weighted by atomic mass is 32.2. The lowest BCUT2D eigenvalue weighted by Crippen LogP contribution is -2.07. The third kappa shape index (κ3) is 2.85. The average molecular weight is 252 g/mol. The summed E-state index contributed by atoms with van der Waals surface area (Å²) in [7, 11) is 1.66. The quantitative estimate of drug-likeness (QED) is 0.817. The summed E-state index contributed by atoms with van der Waals surface area (Å²) in [5.74, 6) is 2.52. The second-order valence-corrected chi connectivity index (χ2v) is 4.60. The summed E-state index contributed by atoms with van der Waals surface area (Å²) >= 11 is 1.76. The summed E-state index contributed by atoms with van der Waals surface area (Å²) in [6, 6.07) is 3.95. The second kappa shape index (κ2) is 5.82. The molecule has 4 nitrogen and oxygen atoms in total. The molecule has 0 unspecified atom stereocenters. The smallest absolute Gasteiger partial charge is 0.163 e. The van der Waals surface area contributed by atoms with Gasteiger partial charge in [0.25, 0.3) is 0 Å². The molecule has 1 N–H and O–H groups in total. The SMILES string of the molecule is COc1cc2c(cc1OCCSC)NC=NC2. The Balaban J connectivity index is 2.19. The molecule has 1 heterocycles. The third-order valence-corrected chi connectivity index (χ3v) is 3.08. The van der Waals surface area contributed by atoms with Crippen LogP contribution in [0.25, 0.3) is 0 Å². The molecule has 0 saturated carbocycles. The van der Waals surface area contributed by atoms with E-state index in [9.17, 15) is 0 Å². The largest absolute Gasteiger partial charge is 0.493 e. The number of nitrogens with one attached hydrogen (secondary N) is 1. The van der Waals surface area contributed by atoms with Crippen LogP contribution in [-0.2, 0) is 6.54 Å². The highest BCUT2D eigenvalue weighted by Gasteiger charge is 2.12. The zero-order chi connectivity index (χ0) is 12.1. The Bertz CT molecular complexity index is 421. The Kier molecular flexibility index (Phi) is 4.14. The van der Waals surface area contributed by atoms with E-state index in [0.717, 1.165) is 28.5 Å². The van der Waals surface area contributed by atoms with Crippen LogP contribution in [-0.4, -0.2) is 32.1 Å². The molecule has 1 aromatic carbocycles. The summed E-state index contributed by atoms with van der Waals surface area (Å²) in [6.07, 6.45) is 3.77. The number of aliphatic imine (C=N–C) groups is 1. The van der Waals surface area contributed by atoms with E-state index < -0.39 is 0 Å². The Morgan fingerprint density at radius 2 is 2.29 bits per heavy atom. The Morgan fingerprint density at radius 3 is 3.06 bits per heavy atom. The van der Waals surface area contributed by atoms with E-state index in [1.807, 2.05) is 12.1 Å². The maximum absolute atomic E-state index is 5.70. The highest BCUT2D eigenvalue weighted by molar-refractivity contribution is 7.98. The van der Waals surface area contributed by atoms with Crippen molar-refractivity contribution in [1.82, 2.24) is 0 Å². The van der Waals surface area contributed by atoms with Gasteiger partial charge in [-0.05, 0) is 12.3 Å². The van der Waals surface area contributed by atoms with Gasteiger partial charge in [0.2, 0.25) is 0 Å². The van der Waals surface area contributed by atoms with Crippen LogP contribution >= 0.6 is 11.8 Å². The number of methoxy groups -OCH3 is 1. The van der Waals surface area contributed by atoms with E-state index in [1.54, 1.807) is 25.2 Å². The highest BCUT2D eigenvalue weighted by Crippen LogP contribution is 2.34. The van der Waals surface area contributed by atoms with Crippen molar-refractivity contribution in [3.63, 3.8) is 0 Å². The molecule has 1 aliphatic heterocycles. The molecular formula is C12H16N2O2S. The van der Waals surface area contributed by atoms with Crippen molar-refractivity contribution in [2.45, 2.75) is 6.54 Å². The molecule has 0 radical (unpaired) electrons. The van der Waals surface area contributed by atoms with Crippen molar-refractivity contribution in [3.8, 4) is 11.5 Å². The maximum Gasteiger partial charge on any atom is 0.163 e. The summed E-state index contributed by atoms with van der Waals surface area (Å²) < 4.78 is 11.0. The van der Waals surface area contributed by atoms with Crippen molar-refractivity contribution in [2.24, 2.45) is 4.99 Å². The van der Waals surface area contributed by atoms with Crippen molar-refractivity contribution in [1.29, 1.82) is 0 Å². The lowest BCUT2D eigenvalue weighted by Gasteiger charge is -2.17. The van der Waals surface area contributed by atoms with Crippen molar-refractivity contribution >= 4 is 23.8 Å². The number of hydrogen-bond acceptors (Lipinski definition) is 5. The second-order valence-electron chi connectivity index (χ2n) is 3.62. The number of anilines is 1.